The molecule has 0 spiro atoms. The van der Waals surface area contributed by atoms with E-state index >= 15 is 0 Å². The first kappa shape index (κ1) is 82.8. The van der Waals surface area contributed by atoms with Gasteiger partial charge in [-0.2, -0.15) is 0 Å². The molecule has 2 saturated heterocycles. The molecule has 14 heteroatoms. The van der Waals surface area contributed by atoms with Crippen molar-refractivity contribution in [2.24, 2.45) is 0 Å². The van der Waals surface area contributed by atoms with Crippen LogP contribution in [-0.4, -0.2) is 140 Å². The topological polar surface area (TPSA) is 228 Å². The summed E-state index contributed by atoms with van der Waals surface area (Å²) in [6.45, 7) is 2.80. The van der Waals surface area contributed by atoms with Crippen molar-refractivity contribution in [3.63, 3.8) is 0 Å². The van der Waals surface area contributed by atoms with Crippen LogP contribution in [0.25, 0.3) is 0 Å². The lowest BCUT2D eigenvalue weighted by atomic mass is 9.97. The molecule has 2 fully saturated rings. The van der Waals surface area contributed by atoms with E-state index < -0.39 is 86.8 Å². The summed E-state index contributed by atoms with van der Waals surface area (Å²) in [4.78, 5) is 13.3. The van der Waals surface area contributed by atoms with Gasteiger partial charge in [0.2, 0.25) is 5.91 Å². The van der Waals surface area contributed by atoms with E-state index in [0.29, 0.717) is 12.8 Å². The third-order valence-corrected chi connectivity index (χ3v) is 17.9. The van der Waals surface area contributed by atoms with E-state index in [1.807, 2.05) is 6.08 Å². The van der Waals surface area contributed by atoms with Crippen LogP contribution >= 0.6 is 0 Å². The lowest BCUT2D eigenvalue weighted by Crippen LogP contribution is -2.65. The number of unbranched alkanes of at least 4 members (excludes halogenated alkanes) is 40. The summed E-state index contributed by atoms with van der Waals surface area (Å²) in [5, 5.41) is 87.4. The Labute approximate surface area is 543 Å². The van der Waals surface area contributed by atoms with E-state index in [9.17, 15) is 45.6 Å². The number of carbonyl (C=O) groups is 1. The molecule has 0 aliphatic carbocycles. The highest BCUT2D eigenvalue weighted by atomic mass is 16.7. The van der Waals surface area contributed by atoms with E-state index in [0.717, 1.165) is 44.9 Å². The van der Waals surface area contributed by atoms with Gasteiger partial charge in [-0.25, -0.2) is 0 Å². The smallest absolute Gasteiger partial charge is 0.220 e. The molecule has 0 aromatic rings. The maximum absolute atomic E-state index is 13.3. The first-order chi connectivity index (χ1) is 43.6. The minimum absolute atomic E-state index is 0.245. The molecular weight excluding hydrogens is 1120 g/mol. The predicted molar refractivity (Wildman–Crippen MR) is 364 cm³/mol. The SMILES string of the molecule is CCCCCCC/C=C\C/C=C\C/C=C\CCCCCCCCCCCCCCCCCCCCCCCCC(=O)NC(COC1OC(CO)C(OC2OC(CO)C(O)C(O)C2O)C(O)C1O)C(O)/C=C/CC/C=C/CCCCCCCCCCCCCC. The Hall–Kier alpha value is -2.31. The summed E-state index contributed by atoms with van der Waals surface area (Å²) in [7, 11) is 0. The van der Waals surface area contributed by atoms with Gasteiger partial charge in [0.25, 0.3) is 0 Å². The third kappa shape index (κ3) is 43.3. The van der Waals surface area contributed by atoms with Gasteiger partial charge in [-0.05, 0) is 70.6 Å². The van der Waals surface area contributed by atoms with Crippen molar-refractivity contribution in [3.05, 3.63) is 60.8 Å². The monoisotopic (exact) mass is 1260 g/mol. The number of amides is 1. The van der Waals surface area contributed by atoms with Crippen LogP contribution in [-0.2, 0) is 23.7 Å². The van der Waals surface area contributed by atoms with Gasteiger partial charge in [0.05, 0.1) is 32.0 Å². The second kappa shape index (κ2) is 59.4. The maximum atomic E-state index is 13.3. The van der Waals surface area contributed by atoms with Crippen molar-refractivity contribution < 1.29 is 64.6 Å². The van der Waals surface area contributed by atoms with Gasteiger partial charge in [0.1, 0.15) is 48.8 Å². The molecule has 1 amide bonds. The lowest BCUT2D eigenvalue weighted by Gasteiger charge is -2.46. The Morgan fingerprint density at radius 3 is 1.18 bits per heavy atom. The number of ether oxygens (including phenoxy) is 4. The average molecular weight is 1260 g/mol. The van der Waals surface area contributed by atoms with Crippen molar-refractivity contribution in [1.29, 1.82) is 0 Å². The van der Waals surface area contributed by atoms with Crippen molar-refractivity contribution in [2.45, 2.75) is 389 Å². The molecule has 0 aromatic heterocycles. The molecule has 0 saturated carbocycles. The molecule has 0 radical (unpaired) electrons. The Bertz CT molecular complexity index is 1720. The van der Waals surface area contributed by atoms with Gasteiger partial charge in [-0.15, -0.1) is 0 Å². The first-order valence-corrected chi connectivity index (χ1v) is 37.0. The quantitative estimate of drug-likeness (QED) is 0.0204. The Morgan fingerprint density at radius 1 is 0.404 bits per heavy atom. The summed E-state index contributed by atoms with van der Waals surface area (Å²) in [6.07, 6.45) is 63.0. The molecule has 12 unspecified atom stereocenters. The summed E-state index contributed by atoms with van der Waals surface area (Å²) < 4.78 is 22.8. The Balaban J connectivity index is 1.60. The zero-order valence-electron chi connectivity index (χ0n) is 56.7. The summed E-state index contributed by atoms with van der Waals surface area (Å²) in [6, 6.07) is -0.932. The minimum Gasteiger partial charge on any atom is -0.394 e. The number of allylic oxidation sites excluding steroid dienone is 9. The van der Waals surface area contributed by atoms with Crippen LogP contribution in [0.3, 0.4) is 0 Å². The fourth-order valence-corrected chi connectivity index (χ4v) is 12.0. The zero-order valence-corrected chi connectivity index (χ0v) is 56.7. The molecule has 9 N–H and O–H groups in total. The highest BCUT2D eigenvalue weighted by Crippen LogP contribution is 2.30. The van der Waals surface area contributed by atoms with Crippen LogP contribution in [0.2, 0.25) is 0 Å². The van der Waals surface area contributed by atoms with Gasteiger partial charge in [-0.1, -0.05) is 299 Å². The number of aliphatic hydroxyl groups excluding tert-OH is 8. The van der Waals surface area contributed by atoms with Crippen molar-refractivity contribution in [1.82, 2.24) is 5.32 Å². The van der Waals surface area contributed by atoms with Gasteiger partial charge in [-0.3, -0.25) is 4.79 Å². The van der Waals surface area contributed by atoms with Gasteiger partial charge in [0.15, 0.2) is 12.6 Å². The fraction of sp³-hybridized carbons (Fsp3) is 0.853. The Kier molecular flexibility index (Phi) is 55.3. The highest BCUT2D eigenvalue weighted by molar-refractivity contribution is 5.76. The van der Waals surface area contributed by atoms with E-state index in [1.54, 1.807) is 6.08 Å². The molecule has 12 atom stereocenters. The molecule has 2 aliphatic heterocycles. The maximum Gasteiger partial charge on any atom is 0.220 e. The molecule has 2 rings (SSSR count). The molecular formula is C75H137NO13. The minimum atomic E-state index is -1.79. The zero-order chi connectivity index (χ0) is 64.5. The third-order valence-electron chi connectivity index (χ3n) is 17.9. The average Bonchev–Trinajstić information content (AvgIpc) is 1.44. The molecule has 0 aromatic carbocycles. The van der Waals surface area contributed by atoms with Gasteiger partial charge >= 0.3 is 0 Å². The van der Waals surface area contributed by atoms with Crippen LogP contribution in [0.15, 0.2) is 60.8 Å². The van der Waals surface area contributed by atoms with E-state index in [4.69, 9.17) is 18.9 Å². The Morgan fingerprint density at radius 2 is 0.753 bits per heavy atom. The second-order valence-corrected chi connectivity index (χ2v) is 26.1. The normalized spacial score (nSPS) is 23.3. The summed E-state index contributed by atoms with van der Waals surface area (Å²) in [5.41, 5.74) is 0. The molecule has 14 nitrogen and oxygen atoms in total. The summed E-state index contributed by atoms with van der Waals surface area (Å²) >= 11 is 0. The van der Waals surface area contributed by atoms with Crippen molar-refractivity contribution >= 4 is 5.91 Å². The second-order valence-electron chi connectivity index (χ2n) is 26.1. The number of rotatable bonds is 61. The number of carbonyl (C=O) groups excluding carboxylic acids is 1. The first-order valence-electron chi connectivity index (χ1n) is 37.0. The van der Waals surface area contributed by atoms with E-state index in [-0.39, 0.29) is 18.9 Å². The predicted octanol–water partition coefficient (Wildman–Crippen LogP) is 15.6. The lowest BCUT2D eigenvalue weighted by molar-refractivity contribution is -0.359. The van der Waals surface area contributed by atoms with E-state index in [1.165, 1.54) is 238 Å². The van der Waals surface area contributed by atoms with E-state index in [2.05, 4.69) is 67.8 Å². The van der Waals surface area contributed by atoms with Crippen LogP contribution in [0.1, 0.15) is 316 Å². The van der Waals surface area contributed by atoms with Crippen LogP contribution in [0.5, 0.6) is 0 Å². The molecule has 89 heavy (non-hydrogen) atoms. The van der Waals surface area contributed by atoms with Crippen molar-refractivity contribution in [3.8, 4) is 0 Å². The van der Waals surface area contributed by atoms with Crippen molar-refractivity contribution in [2.75, 3.05) is 19.8 Å². The number of aliphatic hydroxyl groups is 8. The van der Waals surface area contributed by atoms with Crippen LogP contribution < -0.4 is 5.32 Å². The molecule has 2 heterocycles. The highest BCUT2D eigenvalue weighted by Gasteiger charge is 2.51. The van der Waals surface area contributed by atoms with Crippen LogP contribution in [0, 0.1) is 0 Å². The molecule has 0 bridgehead atoms. The molecule has 2 aliphatic rings. The fourth-order valence-electron chi connectivity index (χ4n) is 12.0. The molecule has 520 valence electrons. The standard InChI is InChI=1S/C75H137NO13/c1-3-5-7-9-11-13-15-17-19-21-23-24-25-26-27-28-29-30-31-32-33-34-35-36-37-38-39-40-41-43-45-47-49-51-53-55-57-59-67(80)76-63(64(79)58-56-54-52-50-48-46-44-42-22-20-18-16-14-12-10-8-6-4-2)62-86-74-72(85)70(83)73(66(61-78)88-74)89-75-71(84)69(82)68(81)65(60-77)87-75/h15,17,21,23,25-26,48,50,56,58,63-66,68-75,77-79,81-85H,3-14,16,18-20,22,24,27-47,49,51-55,57,59-62H2,1-2H3,(H,76,80)/b17-15-,23-21-,26-25-,50-48+,58-56+. The number of hydrogen-bond donors (Lipinski definition) is 9. The number of hydrogen-bond acceptors (Lipinski definition) is 13. The number of nitrogens with one attached hydrogen (secondary N) is 1. The van der Waals surface area contributed by atoms with Gasteiger partial charge < -0.3 is 65.1 Å². The van der Waals surface area contributed by atoms with Gasteiger partial charge in [0, 0.05) is 6.42 Å². The van der Waals surface area contributed by atoms with Crippen LogP contribution in [0.4, 0.5) is 0 Å². The summed E-state index contributed by atoms with van der Waals surface area (Å²) in [5.74, 6) is -0.245. The largest absolute Gasteiger partial charge is 0.394 e.